The Balaban J connectivity index is 2.16. The van der Waals surface area contributed by atoms with Crippen LogP contribution in [0.4, 0.5) is 0 Å². The Hall–Kier alpha value is -0.570. The molecule has 0 spiro atoms. The molecular weight excluding hydrogens is 214 g/mol. The highest BCUT2D eigenvalue weighted by Crippen LogP contribution is 2.23. The van der Waals surface area contributed by atoms with E-state index in [0.29, 0.717) is 12.5 Å². The van der Waals surface area contributed by atoms with Crippen molar-refractivity contribution >= 4 is 5.97 Å². The van der Waals surface area contributed by atoms with Crippen molar-refractivity contribution in [2.75, 3.05) is 6.54 Å². The lowest BCUT2D eigenvalue weighted by molar-refractivity contribution is -0.154. The second-order valence-corrected chi connectivity index (χ2v) is 6.16. The number of hydrogen-bond donors (Lipinski definition) is 1. The van der Waals surface area contributed by atoms with Crippen LogP contribution in [0.25, 0.3) is 0 Å². The average Bonchev–Trinajstić information content (AvgIpc) is 2.18. The third-order valence-corrected chi connectivity index (χ3v) is 3.27. The summed E-state index contributed by atoms with van der Waals surface area (Å²) in [5, 5.41) is 3.49. The molecule has 2 atom stereocenters. The van der Waals surface area contributed by atoms with E-state index in [4.69, 9.17) is 4.74 Å². The van der Waals surface area contributed by atoms with Crippen LogP contribution in [0, 0.1) is 5.92 Å². The maximum atomic E-state index is 11.5. The van der Waals surface area contributed by atoms with Gasteiger partial charge in [0.2, 0.25) is 0 Å². The lowest BCUT2D eigenvalue weighted by atomic mass is 9.86. The van der Waals surface area contributed by atoms with Gasteiger partial charge in [0.1, 0.15) is 5.60 Å². The summed E-state index contributed by atoms with van der Waals surface area (Å²) < 4.78 is 5.28. The van der Waals surface area contributed by atoms with E-state index >= 15 is 0 Å². The van der Waals surface area contributed by atoms with Crippen molar-refractivity contribution in [1.82, 2.24) is 5.32 Å². The monoisotopic (exact) mass is 241 g/mol. The number of esters is 1. The van der Waals surface area contributed by atoms with Crippen molar-refractivity contribution in [3.8, 4) is 0 Å². The van der Waals surface area contributed by atoms with Gasteiger partial charge in [0.15, 0.2) is 0 Å². The molecule has 0 heterocycles. The summed E-state index contributed by atoms with van der Waals surface area (Å²) in [6, 6.07) is 0.589. The first-order chi connectivity index (χ1) is 7.88. The zero-order valence-corrected chi connectivity index (χ0v) is 11.7. The van der Waals surface area contributed by atoms with Crippen LogP contribution in [0.5, 0.6) is 0 Å². The second kappa shape index (κ2) is 6.39. The third-order valence-electron chi connectivity index (χ3n) is 3.27. The van der Waals surface area contributed by atoms with Gasteiger partial charge in [-0.25, -0.2) is 0 Å². The molecule has 3 nitrogen and oxygen atoms in total. The van der Waals surface area contributed by atoms with Gasteiger partial charge >= 0.3 is 5.97 Å². The first-order valence-corrected chi connectivity index (χ1v) is 6.84. The van der Waals surface area contributed by atoms with Crippen LogP contribution >= 0.6 is 0 Å². The predicted molar refractivity (Wildman–Crippen MR) is 69.9 cm³/mol. The number of carbonyl (C=O) groups is 1. The lowest BCUT2D eigenvalue weighted by Gasteiger charge is -2.29. The highest BCUT2D eigenvalue weighted by molar-refractivity contribution is 5.70. The molecular formula is C14H27NO2. The number of nitrogens with one attached hydrogen (secondary N) is 1. The van der Waals surface area contributed by atoms with Crippen LogP contribution in [0.3, 0.4) is 0 Å². The average molecular weight is 241 g/mol. The minimum Gasteiger partial charge on any atom is -0.460 e. The number of ether oxygens (including phenoxy) is 1. The summed E-state index contributed by atoms with van der Waals surface area (Å²) in [6.07, 6.45) is 5.69. The van der Waals surface area contributed by atoms with E-state index in [1.165, 1.54) is 25.7 Å². The third kappa shape index (κ3) is 6.06. The van der Waals surface area contributed by atoms with E-state index in [9.17, 15) is 4.79 Å². The molecule has 0 saturated heterocycles. The Morgan fingerprint density at radius 3 is 2.53 bits per heavy atom. The minimum atomic E-state index is -0.366. The Labute approximate surface area is 105 Å². The maximum absolute atomic E-state index is 11.5. The molecule has 0 amide bonds. The van der Waals surface area contributed by atoms with E-state index < -0.39 is 0 Å². The quantitative estimate of drug-likeness (QED) is 0.769. The van der Waals surface area contributed by atoms with Gasteiger partial charge in [-0.05, 0) is 39.5 Å². The van der Waals surface area contributed by atoms with Gasteiger partial charge in [-0.15, -0.1) is 0 Å². The Bertz CT molecular complexity index is 245. The van der Waals surface area contributed by atoms with E-state index in [1.54, 1.807) is 0 Å². The molecule has 1 fully saturated rings. The fourth-order valence-corrected chi connectivity index (χ4v) is 2.37. The summed E-state index contributed by atoms with van der Waals surface area (Å²) in [5.41, 5.74) is -0.366. The van der Waals surface area contributed by atoms with E-state index in [0.717, 1.165) is 12.5 Å². The molecule has 100 valence electrons. The molecule has 1 N–H and O–H groups in total. The molecule has 0 aromatic rings. The molecule has 0 aromatic carbocycles. The smallest absolute Gasteiger partial charge is 0.307 e. The summed E-state index contributed by atoms with van der Waals surface area (Å²) in [5.74, 6) is 0.635. The van der Waals surface area contributed by atoms with E-state index in [1.807, 2.05) is 20.8 Å². The van der Waals surface area contributed by atoms with Gasteiger partial charge in [0, 0.05) is 12.6 Å². The molecule has 0 bridgehead atoms. The minimum absolute atomic E-state index is 0.103. The largest absolute Gasteiger partial charge is 0.460 e. The van der Waals surface area contributed by atoms with Crippen LogP contribution < -0.4 is 5.32 Å². The topological polar surface area (TPSA) is 38.3 Å². The Kier molecular flexibility index (Phi) is 5.44. The first kappa shape index (κ1) is 14.5. The molecule has 0 aliphatic heterocycles. The van der Waals surface area contributed by atoms with Crippen molar-refractivity contribution < 1.29 is 9.53 Å². The Morgan fingerprint density at radius 1 is 1.29 bits per heavy atom. The van der Waals surface area contributed by atoms with Gasteiger partial charge in [0.25, 0.3) is 0 Å². The van der Waals surface area contributed by atoms with Gasteiger partial charge in [0.05, 0.1) is 6.42 Å². The first-order valence-electron chi connectivity index (χ1n) is 6.84. The van der Waals surface area contributed by atoms with Crippen molar-refractivity contribution in [2.24, 2.45) is 5.92 Å². The maximum Gasteiger partial charge on any atom is 0.307 e. The molecule has 17 heavy (non-hydrogen) atoms. The summed E-state index contributed by atoms with van der Waals surface area (Å²) in [6.45, 7) is 8.75. The highest BCUT2D eigenvalue weighted by atomic mass is 16.6. The van der Waals surface area contributed by atoms with E-state index in [-0.39, 0.29) is 11.6 Å². The zero-order valence-electron chi connectivity index (χ0n) is 11.7. The second-order valence-electron chi connectivity index (χ2n) is 6.16. The van der Waals surface area contributed by atoms with Crippen LogP contribution in [0.2, 0.25) is 0 Å². The highest BCUT2D eigenvalue weighted by Gasteiger charge is 2.21. The van der Waals surface area contributed by atoms with Gasteiger partial charge < -0.3 is 10.1 Å². The number of rotatable bonds is 4. The van der Waals surface area contributed by atoms with Gasteiger partial charge in [-0.2, -0.15) is 0 Å². The van der Waals surface area contributed by atoms with Crippen LogP contribution in [0.15, 0.2) is 0 Å². The number of hydrogen-bond acceptors (Lipinski definition) is 3. The van der Waals surface area contributed by atoms with Crippen molar-refractivity contribution in [3.05, 3.63) is 0 Å². The van der Waals surface area contributed by atoms with Crippen molar-refractivity contribution in [2.45, 2.75) is 71.4 Å². The zero-order chi connectivity index (χ0) is 12.9. The summed E-state index contributed by atoms with van der Waals surface area (Å²) >= 11 is 0. The molecule has 1 rings (SSSR count). The molecule has 0 aromatic heterocycles. The number of carbonyl (C=O) groups excluding carboxylic acids is 1. The van der Waals surface area contributed by atoms with Crippen LogP contribution in [0.1, 0.15) is 59.8 Å². The lowest BCUT2D eigenvalue weighted by Crippen LogP contribution is -2.38. The summed E-state index contributed by atoms with van der Waals surface area (Å²) in [7, 11) is 0. The van der Waals surface area contributed by atoms with Crippen LogP contribution in [-0.4, -0.2) is 24.2 Å². The molecule has 0 radical (unpaired) electrons. The molecule has 1 aliphatic rings. The molecule has 1 aliphatic carbocycles. The van der Waals surface area contributed by atoms with E-state index in [2.05, 4.69) is 12.2 Å². The van der Waals surface area contributed by atoms with Crippen molar-refractivity contribution in [1.29, 1.82) is 0 Å². The SMILES string of the molecule is C[C@@H]1CCCC[C@@H]1NCCC(=O)OC(C)(C)C. The van der Waals surface area contributed by atoms with Gasteiger partial charge in [-0.3, -0.25) is 4.79 Å². The fourth-order valence-electron chi connectivity index (χ4n) is 2.37. The molecule has 1 saturated carbocycles. The van der Waals surface area contributed by atoms with Crippen molar-refractivity contribution in [3.63, 3.8) is 0 Å². The predicted octanol–water partition coefficient (Wildman–Crippen LogP) is 2.89. The van der Waals surface area contributed by atoms with Gasteiger partial charge in [-0.1, -0.05) is 19.8 Å². The Morgan fingerprint density at radius 2 is 1.94 bits per heavy atom. The summed E-state index contributed by atoms with van der Waals surface area (Å²) in [4.78, 5) is 11.5. The normalized spacial score (nSPS) is 25.6. The fraction of sp³-hybridized carbons (Fsp3) is 0.929. The molecule has 0 unspecified atom stereocenters. The molecule has 3 heteroatoms. The van der Waals surface area contributed by atoms with Crippen LogP contribution in [-0.2, 0) is 9.53 Å². The standard InChI is InChI=1S/C14H27NO2/c1-11-7-5-6-8-12(11)15-10-9-13(16)17-14(2,3)4/h11-12,15H,5-10H2,1-4H3/t11-,12+/m1/s1.